The first-order valence-corrected chi connectivity index (χ1v) is 6.79. The molecule has 0 radical (unpaired) electrons. The van der Waals surface area contributed by atoms with Crippen molar-refractivity contribution < 1.29 is 9.42 Å². The van der Waals surface area contributed by atoms with Gasteiger partial charge in [0.2, 0.25) is 0 Å². The average Bonchev–Trinajstić information content (AvgIpc) is 3.19. The number of carbonyl (C=O) groups is 1. The van der Waals surface area contributed by atoms with Gasteiger partial charge in [-0.1, -0.05) is 28.5 Å². The summed E-state index contributed by atoms with van der Waals surface area (Å²) in [6.45, 7) is 2.13. The SMILES string of the molecule is Cc1nonc1CN(C)C(=O)c1ccccc1-c1ncc[nH]1. The molecule has 0 saturated carbocycles. The predicted octanol–water partition coefficient (Wildman–Crippen LogP) is 2.04. The van der Waals surface area contributed by atoms with E-state index in [0.717, 1.165) is 5.56 Å². The van der Waals surface area contributed by atoms with Gasteiger partial charge in [0.15, 0.2) is 0 Å². The molecule has 0 atom stereocenters. The molecule has 0 fully saturated rings. The number of carbonyl (C=O) groups excluding carboxylic acids is 1. The molecule has 112 valence electrons. The summed E-state index contributed by atoms with van der Waals surface area (Å²) < 4.78 is 4.66. The Bertz CT molecular complexity index is 779. The molecule has 7 heteroatoms. The first-order chi connectivity index (χ1) is 10.7. The topological polar surface area (TPSA) is 87.9 Å². The predicted molar refractivity (Wildman–Crippen MR) is 78.9 cm³/mol. The average molecular weight is 297 g/mol. The molecule has 7 nitrogen and oxygen atoms in total. The summed E-state index contributed by atoms with van der Waals surface area (Å²) >= 11 is 0. The molecule has 1 aromatic carbocycles. The Hall–Kier alpha value is -2.96. The molecule has 1 amide bonds. The van der Waals surface area contributed by atoms with Crippen molar-refractivity contribution in [2.75, 3.05) is 7.05 Å². The molecule has 0 aliphatic heterocycles. The summed E-state index contributed by atoms with van der Waals surface area (Å²) in [6, 6.07) is 7.35. The Morgan fingerprint density at radius 3 is 2.82 bits per heavy atom. The normalized spacial score (nSPS) is 10.6. The fourth-order valence-corrected chi connectivity index (χ4v) is 2.18. The highest BCUT2D eigenvalue weighted by molar-refractivity contribution is 5.99. The van der Waals surface area contributed by atoms with E-state index in [-0.39, 0.29) is 5.91 Å². The molecule has 0 aliphatic rings. The third-order valence-electron chi connectivity index (χ3n) is 3.39. The Balaban J connectivity index is 1.88. The van der Waals surface area contributed by atoms with Gasteiger partial charge in [0.25, 0.3) is 5.91 Å². The van der Waals surface area contributed by atoms with E-state index in [0.29, 0.717) is 29.3 Å². The number of rotatable bonds is 4. The molecule has 1 N–H and O–H groups in total. The first-order valence-electron chi connectivity index (χ1n) is 6.79. The number of nitrogens with zero attached hydrogens (tertiary/aromatic N) is 4. The minimum absolute atomic E-state index is 0.116. The molecule has 2 aromatic heterocycles. The third-order valence-corrected chi connectivity index (χ3v) is 3.39. The first kappa shape index (κ1) is 14.0. The molecule has 0 spiro atoms. The van der Waals surface area contributed by atoms with E-state index in [1.807, 2.05) is 18.2 Å². The van der Waals surface area contributed by atoms with Crippen LogP contribution in [0.4, 0.5) is 0 Å². The van der Waals surface area contributed by atoms with Crippen LogP contribution in [0.5, 0.6) is 0 Å². The second-order valence-corrected chi connectivity index (χ2v) is 4.94. The smallest absolute Gasteiger partial charge is 0.254 e. The van der Waals surface area contributed by atoms with Crippen LogP contribution < -0.4 is 0 Å². The number of aryl methyl sites for hydroxylation is 1. The Kier molecular flexibility index (Phi) is 3.69. The zero-order valence-corrected chi connectivity index (χ0v) is 12.3. The number of aromatic amines is 1. The van der Waals surface area contributed by atoms with Crippen LogP contribution in [0.15, 0.2) is 41.3 Å². The number of hydrogen-bond donors (Lipinski definition) is 1. The molecule has 0 bridgehead atoms. The maximum Gasteiger partial charge on any atom is 0.254 e. The van der Waals surface area contributed by atoms with Gasteiger partial charge in [-0.15, -0.1) is 0 Å². The van der Waals surface area contributed by atoms with Crippen molar-refractivity contribution in [3.05, 3.63) is 53.6 Å². The van der Waals surface area contributed by atoms with Crippen molar-refractivity contribution >= 4 is 5.91 Å². The van der Waals surface area contributed by atoms with Gasteiger partial charge in [0, 0.05) is 25.0 Å². The Morgan fingerprint density at radius 2 is 2.14 bits per heavy atom. The van der Waals surface area contributed by atoms with Crippen LogP contribution in [0.1, 0.15) is 21.7 Å². The lowest BCUT2D eigenvalue weighted by Crippen LogP contribution is -2.27. The molecule has 0 saturated heterocycles. The van der Waals surface area contributed by atoms with E-state index in [1.165, 1.54) is 0 Å². The fraction of sp³-hybridized carbons (Fsp3) is 0.200. The molecule has 2 heterocycles. The van der Waals surface area contributed by atoms with E-state index in [1.54, 1.807) is 37.3 Å². The van der Waals surface area contributed by atoms with E-state index in [9.17, 15) is 4.79 Å². The van der Waals surface area contributed by atoms with E-state index in [4.69, 9.17) is 0 Å². The van der Waals surface area contributed by atoms with Crippen LogP contribution in [-0.4, -0.2) is 38.1 Å². The van der Waals surface area contributed by atoms with E-state index >= 15 is 0 Å². The highest BCUT2D eigenvalue weighted by Crippen LogP contribution is 2.21. The maximum absolute atomic E-state index is 12.7. The summed E-state index contributed by atoms with van der Waals surface area (Å²) in [6.07, 6.45) is 3.38. The van der Waals surface area contributed by atoms with Gasteiger partial charge in [-0.2, -0.15) is 0 Å². The molecule has 3 rings (SSSR count). The summed E-state index contributed by atoms with van der Waals surface area (Å²) in [5, 5.41) is 7.53. The van der Waals surface area contributed by atoms with Crippen LogP contribution in [0, 0.1) is 6.92 Å². The van der Waals surface area contributed by atoms with Gasteiger partial charge < -0.3 is 9.88 Å². The van der Waals surface area contributed by atoms with Gasteiger partial charge >= 0.3 is 0 Å². The van der Waals surface area contributed by atoms with Gasteiger partial charge in [-0.25, -0.2) is 9.61 Å². The number of aromatic nitrogens is 4. The summed E-state index contributed by atoms with van der Waals surface area (Å²) in [5.41, 5.74) is 2.67. The number of amides is 1. The Morgan fingerprint density at radius 1 is 1.32 bits per heavy atom. The summed E-state index contributed by atoms with van der Waals surface area (Å²) in [4.78, 5) is 21.5. The van der Waals surface area contributed by atoms with Crippen LogP contribution in [0.3, 0.4) is 0 Å². The zero-order valence-electron chi connectivity index (χ0n) is 12.3. The summed E-state index contributed by atoms with van der Waals surface area (Å²) in [7, 11) is 1.72. The van der Waals surface area contributed by atoms with Crippen molar-refractivity contribution in [2.24, 2.45) is 0 Å². The van der Waals surface area contributed by atoms with Crippen LogP contribution in [-0.2, 0) is 6.54 Å². The van der Waals surface area contributed by atoms with Crippen LogP contribution in [0.2, 0.25) is 0 Å². The van der Waals surface area contributed by atoms with Crippen molar-refractivity contribution in [1.29, 1.82) is 0 Å². The number of hydrogen-bond acceptors (Lipinski definition) is 5. The summed E-state index contributed by atoms with van der Waals surface area (Å²) in [5.74, 6) is 0.547. The van der Waals surface area contributed by atoms with Crippen molar-refractivity contribution in [1.82, 2.24) is 25.2 Å². The van der Waals surface area contributed by atoms with Gasteiger partial charge in [-0.05, 0) is 13.0 Å². The maximum atomic E-state index is 12.7. The highest BCUT2D eigenvalue weighted by atomic mass is 16.6. The number of H-pyrrole nitrogens is 1. The number of nitrogens with one attached hydrogen (secondary N) is 1. The molecular weight excluding hydrogens is 282 g/mol. The third kappa shape index (κ3) is 2.60. The lowest BCUT2D eigenvalue weighted by atomic mass is 10.1. The van der Waals surface area contributed by atoms with Crippen molar-refractivity contribution in [2.45, 2.75) is 13.5 Å². The zero-order chi connectivity index (χ0) is 15.5. The minimum Gasteiger partial charge on any atom is -0.345 e. The van der Waals surface area contributed by atoms with Gasteiger partial charge in [0.05, 0.1) is 12.1 Å². The molecule has 3 aromatic rings. The van der Waals surface area contributed by atoms with E-state index < -0.39 is 0 Å². The van der Waals surface area contributed by atoms with Crippen molar-refractivity contribution in [3.8, 4) is 11.4 Å². The van der Waals surface area contributed by atoms with Gasteiger partial charge in [-0.3, -0.25) is 4.79 Å². The van der Waals surface area contributed by atoms with Crippen LogP contribution >= 0.6 is 0 Å². The van der Waals surface area contributed by atoms with Crippen LogP contribution in [0.25, 0.3) is 11.4 Å². The molecular formula is C15H15N5O2. The largest absolute Gasteiger partial charge is 0.345 e. The standard InChI is InChI=1S/C15H15N5O2/c1-10-13(19-22-18-10)9-20(2)15(21)12-6-4-3-5-11(12)14-16-7-8-17-14/h3-8H,9H2,1-2H3,(H,16,17). The molecule has 0 unspecified atom stereocenters. The Labute approximate surface area is 126 Å². The number of benzene rings is 1. The van der Waals surface area contributed by atoms with Crippen molar-refractivity contribution in [3.63, 3.8) is 0 Å². The fourth-order valence-electron chi connectivity index (χ4n) is 2.18. The second kappa shape index (κ2) is 5.80. The second-order valence-electron chi connectivity index (χ2n) is 4.94. The molecule has 0 aliphatic carbocycles. The quantitative estimate of drug-likeness (QED) is 0.796. The number of imidazole rings is 1. The minimum atomic E-state index is -0.116. The lowest BCUT2D eigenvalue weighted by molar-refractivity contribution is 0.0782. The monoisotopic (exact) mass is 297 g/mol. The lowest BCUT2D eigenvalue weighted by Gasteiger charge is -2.17. The highest BCUT2D eigenvalue weighted by Gasteiger charge is 2.19. The van der Waals surface area contributed by atoms with E-state index in [2.05, 4.69) is 24.9 Å². The van der Waals surface area contributed by atoms with Gasteiger partial charge in [0.1, 0.15) is 17.2 Å². The molecule has 22 heavy (non-hydrogen) atoms.